The van der Waals surface area contributed by atoms with Gasteiger partial charge in [0, 0.05) is 31.4 Å². The molecule has 1 saturated heterocycles. The van der Waals surface area contributed by atoms with E-state index in [1.165, 1.54) is 6.26 Å². The molecule has 7 nitrogen and oxygen atoms in total. The highest BCUT2D eigenvalue weighted by Gasteiger charge is 2.42. The molecule has 1 fully saturated rings. The Balaban J connectivity index is 1.77. The number of hydrogen-bond donors (Lipinski definition) is 2. The van der Waals surface area contributed by atoms with Crippen LogP contribution in [0.1, 0.15) is 23.2 Å². The van der Waals surface area contributed by atoms with Crippen molar-refractivity contribution >= 4 is 22.8 Å². The molecule has 0 unspecified atom stereocenters. The number of nitrogens with zero attached hydrogens (tertiary/aromatic N) is 1. The van der Waals surface area contributed by atoms with Crippen molar-refractivity contribution in [2.75, 3.05) is 13.2 Å². The highest BCUT2D eigenvalue weighted by Crippen LogP contribution is 2.27. The first kappa shape index (κ1) is 17.2. The molecule has 0 saturated carbocycles. The number of carbonyl (C=O) groups is 2. The molecular weight excluding hydrogens is 348 g/mol. The number of fused-ring (bicyclic) bond motifs is 1. The molecule has 1 aromatic carbocycles. The third kappa shape index (κ3) is 3.17. The lowest BCUT2D eigenvalue weighted by Gasteiger charge is -2.34. The monoisotopic (exact) mass is 366 g/mol. The van der Waals surface area contributed by atoms with Crippen molar-refractivity contribution in [1.29, 1.82) is 0 Å². The maximum Gasteiger partial charge on any atom is 0.329 e. The van der Waals surface area contributed by atoms with E-state index in [9.17, 15) is 14.7 Å². The number of nitrogens with one attached hydrogen (secondary N) is 1. The van der Waals surface area contributed by atoms with Crippen molar-refractivity contribution in [3.05, 3.63) is 54.3 Å². The molecule has 3 heterocycles. The lowest BCUT2D eigenvalue weighted by atomic mass is 9.89. The average molecular weight is 366 g/mol. The van der Waals surface area contributed by atoms with Crippen LogP contribution in [-0.4, -0.2) is 40.7 Å². The standard InChI is InChI=1S/C20H18N2O5/c23-18(22-20(19(24)25)7-10-26-11-8-20)14-12-16(17-6-3-9-27-17)21-15-5-2-1-4-13(14)15/h1-6,9,12H,7-8,10-11H2,(H,22,23)(H,24,25). The molecule has 27 heavy (non-hydrogen) atoms. The van der Waals surface area contributed by atoms with Crippen molar-refractivity contribution in [3.63, 3.8) is 0 Å². The number of ether oxygens (including phenoxy) is 1. The van der Waals surface area contributed by atoms with Crippen molar-refractivity contribution in [3.8, 4) is 11.5 Å². The third-order valence-corrected chi connectivity index (χ3v) is 4.84. The number of carboxylic acids is 1. The molecule has 0 spiro atoms. The highest BCUT2D eigenvalue weighted by atomic mass is 16.5. The number of para-hydroxylation sites is 1. The van der Waals surface area contributed by atoms with Gasteiger partial charge in [-0.15, -0.1) is 0 Å². The van der Waals surface area contributed by atoms with Gasteiger partial charge in [-0.2, -0.15) is 0 Å². The van der Waals surface area contributed by atoms with Crippen LogP contribution in [0.2, 0.25) is 0 Å². The fourth-order valence-electron chi connectivity index (χ4n) is 3.31. The molecule has 2 aromatic heterocycles. The van der Waals surface area contributed by atoms with Gasteiger partial charge in [-0.3, -0.25) is 4.79 Å². The average Bonchev–Trinajstić information content (AvgIpc) is 3.22. The number of benzene rings is 1. The summed E-state index contributed by atoms with van der Waals surface area (Å²) >= 11 is 0. The van der Waals surface area contributed by atoms with E-state index >= 15 is 0 Å². The summed E-state index contributed by atoms with van der Waals surface area (Å²) in [6.45, 7) is 0.586. The van der Waals surface area contributed by atoms with Crippen molar-refractivity contribution < 1.29 is 23.8 Å². The van der Waals surface area contributed by atoms with Crippen LogP contribution in [0.4, 0.5) is 0 Å². The van der Waals surface area contributed by atoms with Gasteiger partial charge in [-0.05, 0) is 24.3 Å². The van der Waals surface area contributed by atoms with E-state index in [1.807, 2.05) is 12.1 Å². The van der Waals surface area contributed by atoms with E-state index in [0.29, 0.717) is 41.1 Å². The molecule has 4 rings (SSSR count). The first-order valence-electron chi connectivity index (χ1n) is 8.66. The first-order chi connectivity index (χ1) is 13.1. The summed E-state index contributed by atoms with van der Waals surface area (Å²) < 4.78 is 10.7. The van der Waals surface area contributed by atoms with E-state index in [4.69, 9.17) is 9.15 Å². The minimum atomic E-state index is -1.33. The lowest BCUT2D eigenvalue weighted by molar-refractivity contribution is -0.148. The van der Waals surface area contributed by atoms with Crippen LogP contribution in [0.15, 0.2) is 53.1 Å². The summed E-state index contributed by atoms with van der Waals surface area (Å²) in [5.74, 6) is -0.969. The SMILES string of the molecule is O=C(NC1(C(=O)O)CCOCC1)c1cc(-c2ccco2)nc2ccccc12. The summed E-state index contributed by atoms with van der Waals surface area (Å²) in [4.78, 5) is 29.5. The zero-order chi connectivity index (χ0) is 18.9. The molecule has 138 valence electrons. The number of hydrogen-bond acceptors (Lipinski definition) is 5. The summed E-state index contributed by atoms with van der Waals surface area (Å²) in [5, 5.41) is 13.1. The maximum atomic E-state index is 13.1. The predicted molar refractivity (Wildman–Crippen MR) is 97.3 cm³/mol. The Kier molecular flexibility index (Phi) is 4.37. The van der Waals surface area contributed by atoms with Crippen LogP contribution in [0.3, 0.4) is 0 Å². The van der Waals surface area contributed by atoms with E-state index in [-0.39, 0.29) is 12.8 Å². The quantitative estimate of drug-likeness (QED) is 0.736. The van der Waals surface area contributed by atoms with Crippen molar-refractivity contribution in [2.24, 2.45) is 0 Å². The van der Waals surface area contributed by atoms with E-state index in [1.54, 1.807) is 30.3 Å². The van der Waals surface area contributed by atoms with Gasteiger partial charge in [-0.25, -0.2) is 9.78 Å². The number of furan rings is 1. The van der Waals surface area contributed by atoms with E-state index < -0.39 is 17.4 Å². The second kappa shape index (κ2) is 6.85. The van der Waals surface area contributed by atoms with Crippen LogP contribution in [-0.2, 0) is 9.53 Å². The summed E-state index contributed by atoms with van der Waals surface area (Å²) in [5.41, 5.74) is 0.178. The summed E-state index contributed by atoms with van der Waals surface area (Å²) in [6.07, 6.45) is 1.98. The second-order valence-corrected chi connectivity index (χ2v) is 6.50. The highest BCUT2D eigenvalue weighted by molar-refractivity contribution is 6.08. The molecular formula is C20H18N2O5. The van der Waals surface area contributed by atoms with Gasteiger partial charge in [-0.1, -0.05) is 18.2 Å². The van der Waals surface area contributed by atoms with Crippen LogP contribution in [0, 0.1) is 0 Å². The number of amides is 1. The smallest absolute Gasteiger partial charge is 0.329 e. The first-order valence-corrected chi connectivity index (χ1v) is 8.66. The molecule has 7 heteroatoms. The summed E-state index contributed by atoms with van der Waals surface area (Å²) in [6, 6.07) is 12.4. The molecule has 2 N–H and O–H groups in total. The molecule has 1 aliphatic heterocycles. The number of rotatable bonds is 4. The normalized spacial score (nSPS) is 16.1. The number of pyridine rings is 1. The molecule has 3 aromatic rings. The maximum absolute atomic E-state index is 13.1. The van der Waals surface area contributed by atoms with Crippen LogP contribution in [0.25, 0.3) is 22.4 Å². The Labute approximate surface area is 155 Å². The topological polar surface area (TPSA) is 102 Å². The molecule has 1 aliphatic rings. The zero-order valence-electron chi connectivity index (χ0n) is 14.5. The third-order valence-electron chi connectivity index (χ3n) is 4.84. The van der Waals surface area contributed by atoms with Gasteiger partial charge in [0.05, 0.1) is 17.3 Å². The van der Waals surface area contributed by atoms with Crippen LogP contribution >= 0.6 is 0 Å². The van der Waals surface area contributed by atoms with Crippen molar-refractivity contribution in [2.45, 2.75) is 18.4 Å². The largest absolute Gasteiger partial charge is 0.480 e. The van der Waals surface area contributed by atoms with Crippen molar-refractivity contribution in [1.82, 2.24) is 10.3 Å². The van der Waals surface area contributed by atoms with Gasteiger partial charge in [0.2, 0.25) is 0 Å². The van der Waals surface area contributed by atoms with E-state index in [0.717, 1.165) is 0 Å². The zero-order valence-corrected chi connectivity index (χ0v) is 14.5. The number of aliphatic carboxylic acids is 1. The predicted octanol–water partition coefficient (Wildman–Crippen LogP) is 2.86. The second-order valence-electron chi connectivity index (χ2n) is 6.50. The minimum absolute atomic E-state index is 0.224. The molecule has 0 atom stereocenters. The molecule has 0 bridgehead atoms. The number of carboxylic acid groups (broad SMARTS) is 1. The fourth-order valence-corrected chi connectivity index (χ4v) is 3.31. The number of carbonyl (C=O) groups excluding carboxylic acids is 1. The molecule has 0 aliphatic carbocycles. The van der Waals surface area contributed by atoms with Gasteiger partial charge in [0.1, 0.15) is 11.2 Å². The van der Waals surface area contributed by atoms with Crippen LogP contribution in [0.5, 0.6) is 0 Å². The van der Waals surface area contributed by atoms with Crippen LogP contribution < -0.4 is 5.32 Å². The Hall–Kier alpha value is -3.19. The van der Waals surface area contributed by atoms with E-state index in [2.05, 4.69) is 10.3 Å². The Morgan fingerprint density at radius 1 is 1.11 bits per heavy atom. The number of aromatic nitrogens is 1. The lowest BCUT2D eigenvalue weighted by Crippen LogP contribution is -2.57. The Bertz CT molecular complexity index is 991. The minimum Gasteiger partial charge on any atom is -0.480 e. The van der Waals surface area contributed by atoms with Gasteiger partial charge < -0.3 is 19.6 Å². The molecule has 1 amide bonds. The molecule has 0 radical (unpaired) electrons. The van der Waals surface area contributed by atoms with Gasteiger partial charge >= 0.3 is 5.97 Å². The Morgan fingerprint density at radius 2 is 1.89 bits per heavy atom. The van der Waals surface area contributed by atoms with Gasteiger partial charge in [0.15, 0.2) is 5.76 Å². The van der Waals surface area contributed by atoms with Gasteiger partial charge in [0.25, 0.3) is 5.91 Å². The summed E-state index contributed by atoms with van der Waals surface area (Å²) in [7, 11) is 0. The fraction of sp³-hybridized carbons (Fsp3) is 0.250. The Morgan fingerprint density at radius 3 is 2.59 bits per heavy atom.